The molecule has 1 saturated carbocycles. The maximum absolute atomic E-state index is 11.9. The molecule has 17 heavy (non-hydrogen) atoms. The molecule has 0 spiro atoms. The van der Waals surface area contributed by atoms with Crippen molar-refractivity contribution in [2.45, 2.75) is 25.3 Å². The summed E-state index contributed by atoms with van der Waals surface area (Å²) in [6.07, 6.45) is 4.31. The number of carbonyl (C=O) groups excluding carboxylic acids is 2. The molecule has 1 aromatic heterocycles. The highest BCUT2D eigenvalue weighted by Gasteiger charge is 2.27. The molecule has 1 fully saturated rings. The fourth-order valence-corrected chi connectivity index (χ4v) is 2.11. The van der Waals surface area contributed by atoms with Crippen LogP contribution in [0.1, 0.15) is 35.8 Å². The smallest absolute Gasteiger partial charge is 0.267 e. The Morgan fingerprint density at radius 2 is 2.24 bits per heavy atom. The van der Waals surface area contributed by atoms with Gasteiger partial charge in [-0.15, -0.1) is 0 Å². The van der Waals surface area contributed by atoms with Gasteiger partial charge in [0.05, 0.1) is 0 Å². The van der Waals surface area contributed by atoms with Crippen molar-refractivity contribution in [2.24, 2.45) is 5.73 Å². The molecule has 1 aliphatic carbocycles. The zero-order valence-electron chi connectivity index (χ0n) is 9.28. The number of amides is 2. The number of nitrogens with one attached hydrogen (secondary N) is 1. The Kier molecular flexibility index (Phi) is 3.51. The van der Waals surface area contributed by atoms with Gasteiger partial charge in [-0.3, -0.25) is 9.59 Å². The van der Waals surface area contributed by atoms with Crippen LogP contribution in [-0.4, -0.2) is 22.9 Å². The standard InChI is InChI=1S/C11H14BrN3O2/c12-7-5-9(15(6-7)8-1-2-8)11(17)14-4-3-10(13)16/h5-6,8H,1-4H2,(H2,13,16)(H,14,17). The molecular weight excluding hydrogens is 286 g/mol. The molecule has 5 nitrogen and oxygen atoms in total. The normalized spacial score (nSPS) is 14.6. The summed E-state index contributed by atoms with van der Waals surface area (Å²) in [5.74, 6) is -0.576. The van der Waals surface area contributed by atoms with Crippen molar-refractivity contribution in [3.8, 4) is 0 Å². The van der Waals surface area contributed by atoms with Gasteiger partial charge >= 0.3 is 0 Å². The van der Waals surface area contributed by atoms with E-state index in [9.17, 15) is 9.59 Å². The van der Waals surface area contributed by atoms with Crippen LogP contribution in [0, 0.1) is 0 Å². The van der Waals surface area contributed by atoms with Gasteiger partial charge in [0.25, 0.3) is 5.91 Å². The number of hydrogen-bond donors (Lipinski definition) is 2. The van der Waals surface area contributed by atoms with Gasteiger partial charge in [-0.1, -0.05) is 0 Å². The van der Waals surface area contributed by atoms with E-state index in [0.29, 0.717) is 11.7 Å². The van der Waals surface area contributed by atoms with E-state index in [1.807, 2.05) is 10.8 Å². The van der Waals surface area contributed by atoms with Crippen molar-refractivity contribution in [2.75, 3.05) is 6.54 Å². The fraction of sp³-hybridized carbons (Fsp3) is 0.455. The van der Waals surface area contributed by atoms with E-state index in [-0.39, 0.29) is 18.9 Å². The van der Waals surface area contributed by atoms with E-state index < -0.39 is 5.91 Å². The molecule has 1 aliphatic rings. The van der Waals surface area contributed by atoms with Crippen molar-refractivity contribution in [3.63, 3.8) is 0 Å². The molecule has 92 valence electrons. The van der Waals surface area contributed by atoms with E-state index in [1.54, 1.807) is 6.07 Å². The Labute approximate surface area is 107 Å². The summed E-state index contributed by atoms with van der Waals surface area (Å²) in [5, 5.41) is 2.69. The van der Waals surface area contributed by atoms with Gasteiger partial charge < -0.3 is 15.6 Å². The molecule has 0 atom stereocenters. The van der Waals surface area contributed by atoms with E-state index in [2.05, 4.69) is 21.2 Å². The van der Waals surface area contributed by atoms with E-state index >= 15 is 0 Å². The molecule has 1 aromatic rings. The van der Waals surface area contributed by atoms with E-state index in [0.717, 1.165) is 17.3 Å². The van der Waals surface area contributed by atoms with Gasteiger partial charge in [-0.2, -0.15) is 0 Å². The van der Waals surface area contributed by atoms with Gasteiger partial charge in [0.15, 0.2) is 0 Å². The number of primary amides is 1. The van der Waals surface area contributed by atoms with Crippen LogP contribution in [0.3, 0.4) is 0 Å². The number of nitrogens with two attached hydrogens (primary N) is 1. The molecule has 0 bridgehead atoms. The Bertz CT molecular complexity index is 452. The van der Waals surface area contributed by atoms with Gasteiger partial charge in [0.2, 0.25) is 5.91 Å². The summed E-state index contributed by atoms with van der Waals surface area (Å²) >= 11 is 3.36. The lowest BCUT2D eigenvalue weighted by Gasteiger charge is -2.07. The van der Waals surface area contributed by atoms with Gasteiger partial charge in [0.1, 0.15) is 5.69 Å². The van der Waals surface area contributed by atoms with Crippen LogP contribution in [-0.2, 0) is 4.79 Å². The first kappa shape index (κ1) is 12.2. The summed E-state index contributed by atoms with van der Waals surface area (Å²) in [6.45, 7) is 0.279. The summed E-state index contributed by atoms with van der Waals surface area (Å²) in [7, 11) is 0. The van der Waals surface area contributed by atoms with Crippen LogP contribution in [0.2, 0.25) is 0 Å². The maximum atomic E-state index is 11.9. The Morgan fingerprint density at radius 1 is 1.53 bits per heavy atom. The lowest BCUT2D eigenvalue weighted by atomic mass is 10.3. The lowest BCUT2D eigenvalue weighted by Crippen LogP contribution is -2.29. The predicted octanol–water partition coefficient (Wildman–Crippen LogP) is 1.19. The van der Waals surface area contributed by atoms with Crippen LogP contribution in [0.25, 0.3) is 0 Å². The highest BCUT2D eigenvalue weighted by molar-refractivity contribution is 9.10. The Morgan fingerprint density at radius 3 is 2.82 bits per heavy atom. The minimum absolute atomic E-state index is 0.163. The quantitative estimate of drug-likeness (QED) is 0.857. The lowest BCUT2D eigenvalue weighted by molar-refractivity contribution is -0.117. The third-order valence-corrected chi connectivity index (χ3v) is 3.08. The SMILES string of the molecule is NC(=O)CCNC(=O)c1cc(Br)cn1C1CC1. The monoisotopic (exact) mass is 299 g/mol. The van der Waals surface area contributed by atoms with E-state index in [4.69, 9.17) is 5.73 Å². The fourth-order valence-electron chi connectivity index (χ4n) is 1.67. The van der Waals surface area contributed by atoms with Crippen molar-refractivity contribution in [3.05, 3.63) is 22.4 Å². The zero-order valence-corrected chi connectivity index (χ0v) is 10.9. The molecule has 2 rings (SSSR count). The third kappa shape index (κ3) is 3.09. The van der Waals surface area contributed by atoms with Crippen LogP contribution in [0.5, 0.6) is 0 Å². The van der Waals surface area contributed by atoms with Crippen LogP contribution < -0.4 is 11.1 Å². The molecule has 1 heterocycles. The number of rotatable bonds is 5. The number of carbonyl (C=O) groups is 2. The Balaban J connectivity index is 2.00. The molecule has 0 radical (unpaired) electrons. The Hall–Kier alpha value is -1.30. The highest BCUT2D eigenvalue weighted by Crippen LogP contribution is 2.37. The van der Waals surface area contributed by atoms with Crippen LogP contribution >= 0.6 is 15.9 Å². The molecule has 2 amide bonds. The van der Waals surface area contributed by atoms with Crippen LogP contribution in [0.4, 0.5) is 0 Å². The molecule has 0 unspecified atom stereocenters. The second-order valence-corrected chi connectivity index (χ2v) is 5.07. The first-order valence-electron chi connectivity index (χ1n) is 5.52. The summed E-state index contributed by atoms with van der Waals surface area (Å²) in [4.78, 5) is 22.5. The first-order valence-corrected chi connectivity index (χ1v) is 6.31. The molecule has 6 heteroatoms. The van der Waals surface area contributed by atoms with Crippen molar-refractivity contribution < 1.29 is 9.59 Å². The third-order valence-electron chi connectivity index (χ3n) is 2.65. The van der Waals surface area contributed by atoms with Gasteiger partial charge in [-0.25, -0.2) is 0 Å². The second-order valence-electron chi connectivity index (χ2n) is 4.15. The molecule has 0 saturated heterocycles. The summed E-state index contributed by atoms with van der Waals surface area (Å²) in [5.41, 5.74) is 5.64. The number of nitrogens with zero attached hydrogens (tertiary/aromatic N) is 1. The molecule has 0 aromatic carbocycles. The van der Waals surface area contributed by atoms with Gasteiger partial charge in [0, 0.05) is 29.7 Å². The average Bonchev–Trinajstić information content (AvgIpc) is 3.01. The predicted molar refractivity (Wildman–Crippen MR) is 66.5 cm³/mol. The number of aromatic nitrogens is 1. The van der Waals surface area contributed by atoms with Crippen molar-refractivity contribution >= 4 is 27.7 Å². The number of hydrogen-bond acceptors (Lipinski definition) is 2. The summed E-state index contributed by atoms with van der Waals surface area (Å²) < 4.78 is 2.87. The van der Waals surface area contributed by atoms with Gasteiger partial charge in [-0.05, 0) is 34.8 Å². The zero-order chi connectivity index (χ0) is 12.4. The minimum Gasteiger partial charge on any atom is -0.370 e. The highest BCUT2D eigenvalue weighted by atomic mass is 79.9. The topological polar surface area (TPSA) is 77.1 Å². The van der Waals surface area contributed by atoms with Crippen LogP contribution in [0.15, 0.2) is 16.7 Å². The molecule has 0 aliphatic heterocycles. The van der Waals surface area contributed by atoms with Crippen molar-refractivity contribution in [1.82, 2.24) is 9.88 Å². The summed E-state index contributed by atoms with van der Waals surface area (Å²) in [6, 6.07) is 2.23. The molecule has 3 N–H and O–H groups in total. The number of halogens is 1. The molecular formula is C11H14BrN3O2. The average molecular weight is 300 g/mol. The van der Waals surface area contributed by atoms with E-state index in [1.165, 1.54) is 0 Å². The maximum Gasteiger partial charge on any atom is 0.267 e. The second kappa shape index (κ2) is 4.91. The first-order chi connectivity index (χ1) is 8.08. The largest absolute Gasteiger partial charge is 0.370 e. The minimum atomic E-state index is -0.413. The van der Waals surface area contributed by atoms with Crippen molar-refractivity contribution in [1.29, 1.82) is 0 Å².